The highest BCUT2D eigenvalue weighted by molar-refractivity contribution is 5.97. The predicted octanol–water partition coefficient (Wildman–Crippen LogP) is 4.42. The molecule has 0 bridgehead atoms. The van der Waals surface area contributed by atoms with E-state index in [1.807, 2.05) is 38.1 Å². The van der Waals surface area contributed by atoms with Gasteiger partial charge in [0.25, 0.3) is 5.91 Å². The summed E-state index contributed by atoms with van der Waals surface area (Å²) in [5, 5.41) is 2.90. The summed E-state index contributed by atoms with van der Waals surface area (Å²) >= 11 is 0. The number of methoxy groups -OCH3 is 1. The number of rotatable bonds is 7. The molecule has 1 unspecified atom stereocenters. The van der Waals surface area contributed by atoms with Gasteiger partial charge in [-0.3, -0.25) is 4.79 Å². The van der Waals surface area contributed by atoms with E-state index in [1.165, 1.54) is 18.2 Å². The molecule has 134 valence electrons. The Balaban J connectivity index is 2.23. The SMILES string of the molecule is COc1ccc(C(NC(=O)c2ccccc2OC(F)F)C(C)C)cc1. The Hall–Kier alpha value is -2.63. The third-order valence-electron chi connectivity index (χ3n) is 3.78. The molecule has 0 spiro atoms. The summed E-state index contributed by atoms with van der Waals surface area (Å²) < 4.78 is 34.6. The van der Waals surface area contributed by atoms with Gasteiger partial charge in [0.05, 0.1) is 18.7 Å². The van der Waals surface area contributed by atoms with E-state index in [2.05, 4.69) is 10.1 Å². The summed E-state index contributed by atoms with van der Waals surface area (Å²) in [6, 6.07) is 13.0. The average molecular weight is 349 g/mol. The Labute approximate surface area is 145 Å². The molecule has 0 heterocycles. The van der Waals surface area contributed by atoms with Gasteiger partial charge in [0.15, 0.2) is 0 Å². The van der Waals surface area contributed by atoms with Gasteiger partial charge < -0.3 is 14.8 Å². The molecule has 0 fully saturated rings. The lowest BCUT2D eigenvalue weighted by atomic mass is 9.95. The first-order valence-corrected chi connectivity index (χ1v) is 7.91. The van der Waals surface area contributed by atoms with Gasteiger partial charge in [-0.2, -0.15) is 8.78 Å². The molecule has 2 aromatic rings. The first kappa shape index (κ1) is 18.7. The van der Waals surface area contributed by atoms with Crippen LogP contribution in [-0.4, -0.2) is 19.6 Å². The standard InChI is InChI=1S/C19H21F2NO3/c1-12(2)17(13-8-10-14(24-3)11-9-13)22-18(23)15-6-4-5-7-16(15)25-19(20)21/h4-12,17,19H,1-3H3,(H,22,23). The quantitative estimate of drug-likeness (QED) is 0.805. The molecule has 4 nitrogen and oxygen atoms in total. The fraction of sp³-hybridized carbons (Fsp3) is 0.316. The number of benzene rings is 2. The fourth-order valence-corrected chi connectivity index (χ4v) is 2.52. The van der Waals surface area contributed by atoms with Crippen molar-refractivity contribution in [1.29, 1.82) is 0 Å². The molecule has 0 aliphatic heterocycles. The van der Waals surface area contributed by atoms with Crippen molar-refractivity contribution in [1.82, 2.24) is 5.32 Å². The lowest BCUT2D eigenvalue weighted by Gasteiger charge is -2.23. The molecule has 0 aliphatic carbocycles. The molecule has 0 saturated heterocycles. The van der Waals surface area contributed by atoms with Crippen molar-refractivity contribution in [2.45, 2.75) is 26.5 Å². The molecule has 25 heavy (non-hydrogen) atoms. The molecular weight excluding hydrogens is 328 g/mol. The van der Waals surface area contributed by atoms with Crippen LogP contribution in [0, 0.1) is 5.92 Å². The number of hydrogen-bond acceptors (Lipinski definition) is 3. The number of carbonyl (C=O) groups is 1. The first-order valence-electron chi connectivity index (χ1n) is 7.91. The van der Waals surface area contributed by atoms with Crippen LogP contribution in [0.2, 0.25) is 0 Å². The van der Waals surface area contributed by atoms with Crippen LogP contribution >= 0.6 is 0 Å². The Morgan fingerprint density at radius 1 is 1.04 bits per heavy atom. The van der Waals surface area contributed by atoms with Gasteiger partial charge >= 0.3 is 6.61 Å². The van der Waals surface area contributed by atoms with Crippen molar-refractivity contribution in [3.63, 3.8) is 0 Å². The smallest absolute Gasteiger partial charge is 0.387 e. The molecule has 2 aromatic carbocycles. The van der Waals surface area contributed by atoms with Crippen LogP contribution in [0.3, 0.4) is 0 Å². The van der Waals surface area contributed by atoms with Gasteiger partial charge in [-0.25, -0.2) is 0 Å². The monoisotopic (exact) mass is 349 g/mol. The minimum atomic E-state index is -2.99. The normalized spacial score (nSPS) is 12.1. The van der Waals surface area contributed by atoms with Gasteiger partial charge in [0, 0.05) is 0 Å². The van der Waals surface area contributed by atoms with Crippen LogP contribution in [0.15, 0.2) is 48.5 Å². The van der Waals surface area contributed by atoms with Crippen LogP contribution in [0.4, 0.5) is 8.78 Å². The predicted molar refractivity (Wildman–Crippen MR) is 91.1 cm³/mol. The highest BCUT2D eigenvalue weighted by Crippen LogP contribution is 2.26. The third kappa shape index (κ3) is 4.92. The summed E-state index contributed by atoms with van der Waals surface area (Å²) in [4.78, 5) is 12.6. The third-order valence-corrected chi connectivity index (χ3v) is 3.78. The summed E-state index contributed by atoms with van der Waals surface area (Å²) in [5.41, 5.74) is 0.971. The molecule has 6 heteroatoms. The van der Waals surface area contributed by atoms with E-state index in [0.717, 1.165) is 5.56 Å². The largest absolute Gasteiger partial charge is 0.497 e. The van der Waals surface area contributed by atoms with E-state index in [9.17, 15) is 13.6 Å². The van der Waals surface area contributed by atoms with Crippen LogP contribution < -0.4 is 14.8 Å². The van der Waals surface area contributed by atoms with Crippen molar-refractivity contribution >= 4 is 5.91 Å². The number of para-hydroxylation sites is 1. The molecule has 0 radical (unpaired) electrons. The highest BCUT2D eigenvalue weighted by atomic mass is 19.3. The van der Waals surface area contributed by atoms with Gasteiger partial charge in [-0.15, -0.1) is 0 Å². The van der Waals surface area contributed by atoms with Gasteiger partial charge in [0.1, 0.15) is 11.5 Å². The second-order valence-electron chi connectivity index (χ2n) is 5.84. The first-order chi connectivity index (χ1) is 11.9. The van der Waals surface area contributed by atoms with Crippen molar-refractivity contribution < 1.29 is 23.0 Å². The van der Waals surface area contributed by atoms with Gasteiger partial charge in [0.2, 0.25) is 0 Å². The van der Waals surface area contributed by atoms with Crippen molar-refractivity contribution in [2.24, 2.45) is 5.92 Å². The molecule has 1 amide bonds. The van der Waals surface area contributed by atoms with Gasteiger partial charge in [-0.1, -0.05) is 38.1 Å². The molecule has 0 aliphatic rings. The summed E-state index contributed by atoms with van der Waals surface area (Å²) in [6.07, 6.45) is 0. The van der Waals surface area contributed by atoms with E-state index < -0.39 is 12.5 Å². The molecular formula is C19H21F2NO3. The maximum absolute atomic E-state index is 12.6. The fourth-order valence-electron chi connectivity index (χ4n) is 2.52. The number of halogens is 2. The van der Waals surface area contributed by atoms with E-state index in [1.54, 1.807) is 13.2 Å². The topological polar surface area (TPSA) is 47.6 Å². The van der Waals surface area contributed by atoms with Crippen LogP contribution in [-0.2, 0) is 0 Å². The summed E-state index contributed by atoms with van der Waals surface area (Å²) in [5.74, 6) is 0.201. The zero-order valence-electron chi connectivity index (χ0n) is 14.3. The minimum absolute atomic E-state index is 0.0713. The Morgan fingerprint density at radius 3 is 2.24 bits per heavy atom. The second kappa shape index (κ2) is 8.46. The molecule has 1 N–H and O–H groups in total. The highest BCUT2D eigenvalue weighted by Gasteiger charge is 2.22. The van der Waals surface area contributed by atoms with Crippen molar-refractivity contribution in [3.05, 3.63) is 59.7 Å². The summed E-state index contributed by atoms with van der Waals surface area (Å²) in [7, 11) is 1.58. The molecule has 1 atom stereocenters. The zero-order valence-corrected chi connectivity index (χ0v) is 14.3. The maximum atomic E-state index is 12.6. The number of ether oxygens (including phenoxy) is 2. The second-order valence-corrected chi connectivity index (χ2v) is 5.84. The number of carbonyl (C=O) groups excluding carboxylic acids is 1. The lowest BCUT2D eigenvalue weighted by molar-refractivity contribution is -0.0501. The van der Waals surface area contributed by atoms with E-state index in [0.29, 0.717) is 5.75 Å². The van der Waals surface area contributed by atoms with Crippen LogP contribution in [0.1, 0.15) is 35.8 Å². The summed E-state index contributed by atoms with van der Waals surface area (Å²) in [6.45, 7) is 0.949. The number of alkyl halides is 2. The van der Waals surface area contributed by atoms with Crippen molar-refractivity contribution in [2.75, 3.05) is 7.11 Å². The van der Waals surface area contributed by atoms with Crippen LogP contribution in [0.5, 0.6) is 11.5 Å². The Bertz CT molecular complexity index is 702. The maximum Gasteiger partial charge on any atom is 0.387 e. The minimum Gasteiger partial charge on any atom is -0.497 e. The zero-order chi connectivity index (χ0) is 18.4. The Kier molecular flexibility index (Phi) is 6.33. The number of hydrogen-bond donors (Lipinski definition) is 1. The van der Waals surface area contributed by atoms with Crippen molar-refractivity contribution in [3.8, 4) is 11.5 Å². The number of nitrogens with one attached hydrogen (secondary N) is 1. The lowest BCUT2D eigenvalue weighted by Crippen LogP contribution is -2.32. The Morgan fingerprint density at radius 2 is 1.68 bits per heavy atom. The van der Waals surface area contributed by atoms with Crippen LogP contribution in [0.25, 0.3) is 0 Å². The molecule has 0 saturated carbocycles. The van der Waals surface area contributed by atoms with E-state index in [4.69, 9.17) is 4.74 Å². The average Bonchev–Trinajstić information content (AvgIpc) is 2.59. The molecule has 2 rings (SSSR count). The van der Waals surface area contributed by atoms with E-state index >= 15 is 0 Å². The van der Waals surface area contributed by atoms with E-state index in [-0.39, 0.29) is 23.3 Å². The van der Waals surface area contributed by atoms with Gasteiger partial charge in [-0.05, 0) is 35.7 Å². The number of amides is 1. The molecule has 0 aromatic heterocycles.